The van der Waals surface area contributed by atoms with E-state index in [1.54, 1.807) is 12.3 Å². The molecular weight excluding hydrogens is 165 g/mol. The molecule has 1 heterocycles. The molecular formula is C11H16FN. The van der Waals surface area contributed by atoms with Crippen molar-refractivity contribution in [2.75, 3.05) is 0 Å². The normalized spacial score (nSPS) is 14.2. The molecule has 0 saturated heterocycles. The highest BCUT2D eigenvalue weighted by Gasteiger charge is 2.24. The van der Waals surface area contributed by atoms with Crippen LogP contribution in [0.4, 0.5) is 4.39 Å². The first kappa shape index (κ1) is 10.2. The van der Waals surface area contributed by atoms with Gasteiger partial charge in [-0.15, -0.1) is 0 Å². The lowest BCUT2D eigenvalue weighted by Gasteiger charge is -2.26. The van der Waals surface area contributed by atoms with Crippen molar-refractivity contribution in [3.05, 3.63) is 29.8 Å². The van der Waals surface area contributed by atoms with Gasteiger partial charge in [0.15, 0.2) is 0 Å². The van der Waals surface area contributed by atoms with Gasteiger partial charge in [-0.25, -0.2) is 4.39 Å². The van der Waals surface area contributed by atoms with Crippen molar-refractivity contribution in [2.45, 2.75) is 33.6 Å². The first-order valence-corrected chi connectivity index (χ1v) is 4.53. The molecule has 2 heteroatoms. The molecule has 0 aliphatic heterocycles. The Balaban J connectivity index is 3.02. The van der Waals surface area contributed by atoms with Gasteiger partial charge in [0.25, 0.3) is 0 Å². The Hall–Kier alpha value is -0.920. The third-order valence-electron chi connectivity index (χ3n) is 2.50. The first-order valence-electron chi connectivity index (χ1n) is 4.53. The fourth-order valence-corrected chi connectivity index (χ4v) is 1.13. The minimum absolute atomic E-state index is 0.0508. The number of pyridine rings is 1. The Bertz CT molecular complexity index is 288. The maximum Gasteiger partial charge on any atom is 0.144 e. The van der Waals surface area contributed by atoms with Crippen molar-refractivity contribution in [3.8, 4) is 0 Å². The third-order valence-corrected chi connectivity index (χ3v) is 2.50. The van der Waals surface area contributed by atoms with Crippen LogP contribution in [-0.2, 0) is 0 Å². The van der Waals surface area contributed by atoms with Gasteiger partial charge in [0.2, 0.25) is 0 Å². The average molecular weight is 181 g/mol. The fourth-order valence-electron chi connectivity index (χ4n) is 1.13. The molecule has 0 aliphatic rings. The molecule has 1 rings (SSSR count). The summed E-state index contributed by atoms with van der Waals surface area (Å²) in [6, 6.07) is 3.08. The maximum atomic E-state index is 13.3. The molecule has 0 aliphatic carbocycles. The molecule has 1 aromatic rings. The Morgan fingerprint density at radius 2 is 2.00 bits per heavy atom. The van der Waals surface area contributed by atoms with Crippen molar-refractivity contribution in [1.82, 2.24) is 4.98 Å². The smallest absolute Gasteiger partial charge is 0.144 e. The van der Waals surface area contributed by atoms with Crippen LogP contribution < -0.4 is 0 Å². The van der Waals surface area contributed by atoms with Gasteiger partial charge in [-0.2, -0.15) is 0 Å². The molecule has 0 bridgehead atoms. The second kappa shape index (κ2) is 3.44. The van der Waals surface area contributed by atoms with Crippen LogP contribution in [0.25, 0.3) is 0 Å². The summed E-state index contributed by atoms with van der Waals surface area (Å²) in [5, 5.41) is 0. The van der Waals surface area contributed by atoms with E-state index < -0.39 is 0 Å². The molecule has 0 radical (unpaired) electrons. The molecule has 1 nitrogen and oxygen atoms in total. The van der Waals surface area contributed by atoms with E-state index in [1.165, 1.54) is 6.07 Å². The molecule has 0 N–H and O–H groups in total. The summed E-state index contributed by atoms with van der Waals surface area (Å²) in [6.45, 7) is 8.27. The Kier molecular flexibility index (Phi) is 2.69. The zero-order chi connectivity index (χ0) is 10.1. The highest BCUT2D eigenvalue weighted by atomic mass is 19.1. The van der Waals surface area contributed by atoms with E-state index in [-0.39, 0.29) is 17.2 Å². The molecule has 1 atom stereocenters. The van der Waals surface area contributed by atoms with E-state index in [0.717, 1.165) is 0 Å². The van der Waals surface area contributed by atoms with Gasteiger partial charge in [0.05, 0.1) is 5.69 Å². The molecule has 13 heavy (non-hydrogen) atoms. The highest BCUT2D eigenvalue weighted by Crippen LogP contribution is 2.34. The lowest BCUT2D eigenvalue weighted by atomic mass is 9.80. The van der Waals surface area contributed by atoms with Crippen molar-refractivity contribution in [2.24, 2.45) is 5.41 Å². The summed E-state index contributed by atoms with van der Waals surface area (Å²) in [6.07, 6.45) is 1.64. The SMILES string of the molecule is C[C@@H](c1ncccc1F)C(C)(C)C. The van der Waals surface area contributed by atoms with Gasteiger partial charge in [0.1, 0.15) is 5.82 Å². The predicted octanol–water partition coefficient (Wildman–Crippen LogP) is 3.37. The topological polar surface area (TPSA) is 12.9 Å². The standard InChI is InChI=1S/C11H16FN/c1-8(11(2,3)4)10-9(12)6-5-7-13-10/h5-8H,1-4H3/t8-/m0/s1. The summed E-state index contributed by atoms with van der Waals surface area (Å²) in [5.74, 6) is -0.0707. The quantitative estimate of drug-likeness (QED) is 0.647. The van der Waals surface area contributed by atoms with Crippen LogP contribution in [0, 0.1) is 11.2 Å². The van der Waals surface area contributed by atoms with E-state index in [4.69, 9.17) is 0 Å². The summed E-state index contributed by atoms with van der Waals surface area (Å²) >= 11 is 0. The second-order valence-electron chi connectivity index (χ2n) is 4.46. The van der Waals surface area contributed by atoms with E-state index in [1.807, 2.05) is 6.92 Å². The minimum Gasteiger partial charge on any atom is -0.258 e. The van der Waals surface area contributed by atoms with E-state index in [9.17, 15) is 4.39 Å². The summed E-state index contributed by atoms with van der Waals surface area (Å²) in [4.78, 5) is 4.07. The highest BCUT2D eigenvalue weighted by molar-refractivity contribution is 5.13. The van der Waals surface area contributed by atoms with Crippen LogP contribution in [0.1, 0.15) is 39.3 Å². The average Bonchev–Trinajstić information content (AvgIpc) is 2.02. The van der Waals surface area contributed by atoms with Gasteiger partial charge in [-0.05, 0) is 17.5 Å². The van der Waals surface area contributed by atoms with Crippen molar-refractivity contribution in [3.63, 3.8) is 0 Å². The zero-order valence-corrected chi connectivity index (χ0v) is 8.63. The molecule has 1 aromatic heterocycles. The number of halogens is 1. The van der Waals surface area contributed by atoms with Gasteiger partial charge in [0, 0.05) is 12.1 Å². The van der Waals surface area contributed by atoms with E-state index >= 15 is 0 Å². The second-order valence-corrected chi connectivity index (χ2v) is 4.46. The number of rotatable bonds is 1. The number of nitrogens with zero attached hydrogens (tertiary/aromatic N) is 1. The zero-order valence-electron chi connectivity index (χ0n) is 8.63. The van der Waals surface area contributed by atoms with Gasteiger partial charge in [-0.1, -0.05) is 27.7 Å². The summed E-state index contributed by atoms with van der Waals surface area (Å²) in [5.41, 5.74) is 0.616. The van der Waals surface area contributed by atoms with Crippen LogP contribution in [0.2, 0.25) is 0 Å². The lowest BCUT2D eigenvalue weighted by molar-refractivity contribution is 0.325. The molecule has 0 amide bonds. The molecule has 0 fully saturated rings. The maximum absolute atomic E-state index is 13.3. The van der Waals surface area contributed by atoms with Crippen molar-refractivity contribution in [1.29, 1.82) is 0 Å². The predicted molar refractivity (Wildman–Crippen MR) is 52.1 cm³/mol. The summed E-state index contributed by atoms with van der Waals surface area (Å²) in [7, 11) is 0. The molecule has 72 valence electrons. The van der Waals surface area contributed by atoms with Crippen molar-refractivity contribution < 1.29 is 4.39 Å². The van der Waals surface area contributed by atoms with Crippen LogP contribution in [0.15, 0.2) is 18.3 Å². The molecule has 0 aromatic carbocycles. The summed E-state index contributed by atoms with van der Waals surface area (Å²) < 4.78 is 13.3. The minimum atomic E-state index is -0.204. The largest absolute Gasteiger partial charge is 0.258 e. The Morgan fingerprint density at radius 1 is 1.38 bits per heavy atom. The van der Waals surface area contributed by atoms with Crippen LogP contribution in [-0.4, -0.2) is 4.98 Å². The lowest BCUT2D eigenvalue weighted by Crippen LogP contribution is -2.17. The van der Waals surface area contributed by atoms with Gasteiger partial charge in [-0.3, -0.25) is 4.98 Å². The van der Waals surface area contributed by atoms with Crippen LogP contribution >= 0.6 is 0 Å². The monoisotopic (exact) mass is 181 g/mol. The Labute approximate surface area is 79.0 Å². The first-order chi connectivity index (χ1) is 5.93. The van der Waals surface area contributed by atoms with Crippen LogP contribution in [0.5, 0.6) is 0 Å². The molecule has 0 spiro atoms. The molecule has 0 unspecified atom stereocenters. The van der Waals surface area contributed by atoms with Crippen molar-refractivity contribution >= 4 is 0 Å². The fraction of sp³-hybridized carbons (Fsp3) is 0.545. The van der Waals surface area contributed by atoms with Gasteiger partial charge < -0.3 is 0 Å². The molecule has 0 saturated carbocycles. The van der Waals surface area contributed by atoms with Gasteiger partial charge >= 0.3 is 0 Å². The number of hydrogen-bond acceptors (Lipinski definition) is 1. The third kappa shape index (κ3) is 2.27. The van der Waals surface area contributed by atoms with Crippen LogP contribution in [0.3, 0.4) is 0 Å². The Morgan fingerprint density at radius 3 is 2.46 bits per heavy atom. The number of aromatic nitrogens is 1. The van der Waals surface area contributed by atoms with E-state index in [2.05, 4.69) is 25.8 Å². The number of hydrogen-bond donors (Lipinski definition) is 0. The van der Waals surface area contributed by atoms with E-state index in [0.29, 0.717) is 5.69 Å².